The topological polar surface area (TPSA) is 80.3 Å². The Morgan fingerprint density at radius 3 is 2.49 bits per heavy atom. The lowest BCUT2D eigenvalue weighted by Gasteiger charge is -2.32. The number of furan rings is 1. The molecule has 3 aromatic rings. The van der Waals surface area contributed by atoms with Gasteiger partial charge in [0.15, 0.2) is 10.7 Å². The molecule has 1 saturated heterocycles. The molecule has 0 aliphatic carbocycles. The second-order valence-electron chi connectivity index (χ2n) is 9.86. The van der Waals surface area contributed by atoms with E-state index in [-0.39, 0.29) is 5.56 Å². The number of allylic oxidation sites excluding steroid dienone is 1. The van der Waals surface area contributed by atoms with Gasteiger partial charge in [0.25, 0.3) is 5.56 Å². The highest BCUT2D eigenvalue weighted by molar-refractivity contribution is 7.07. The zero-order chi connectivity index (χ0) is 26.3. The normalized spacial score (nSPS) is 18.8. The molecule has 0 N–H and O–H groups in total. The Hall–Kier alpha value is -3.43. The van der Waals surface area contributed by atoms with Gasteiger partial charge in [0.2, 0.25) is 0 Å². The fourth-order valence-electron chi connectivity index (χ4n) is 4.82. The van der Waals surface area contributed by atoms with E-state index in [9.17, 15) is 9.59 Å². The highest BCUT2D eigenvalue weighted by Crippen LogP contribution is 2.31. The molecule has 0 amide bonds. The molecule has 2 aliphatic heterocycles. The number of rotatable bonds is 5. The van der Waals surface area contributed by atoms with E-state index in [2.05, 4.69) is 35.7 Å². The van der Waals surface area contributed by atoms with E-state index in [4.69, 9.17) is 9.15 Å². The van der Waals surface area contributed by atoms with Gasteiger partial charge in [0, 0.05) is 38.3 Å². The molecule has 4 heterocycles. The molecule has 9 heteroatoms. The smallest absolute Gasteiger partial charge is 0.338 e. The maximum absolute atomic E-state index is 13.7. The number of carbonyl (C=O) groups is 1. The van der Waals surface area contributed by atoms with Crippen LogP contribution in [0.25, 0.3) is 6.08 Å². The van der Waals surface area contributed by atoms with Gasteiger partial charge in [-0.1, -0.05) is 49.4 Å². The number of nitrogens with zero attached hydrogens (tertiary/aromatic N) is 4. The van der Waals surface area contributed by atoms with Crippen LogP contribution in [0.1, 0.15) is 49.6 Å². The van der Waals surface area contributed by atoms with Crippen LogP contribution in [-0.2, 0) is 9.53 Å². The minimum Gasteiger partial charge on any atom is -0.466 e. The summed E-state index contributed by atoms with van der Waals surface area (Å²) in [6, 6.07) is 11.3. The second-order valence-corrected chi connectivity index (χ2v) is 10.9. The molecule has 1 fully saturated rings. The maximum Gasteiger partial charge on any atom is 0.338 e. The highest BCUT2D eigenvalue weighted by atomic mass is 32.1. The molecule has 8 nitrogen and oxygen atoms in total. The average Bonchev–Trinajstić information content (AvgIpc) is 3.47. The molecule has 0 bridgehead atoms. The quantitative estimate of drug-likeness (QED) is 0.482. The van der Waals surface area contributed by atoms with Gasteiger partial charge in [-0.15, -0.1) is 0 Å². The number of methoxy groups -OCH3 is 1. The first-order chi connectivity index (χ1) is 17.8. The van der Waals surface area contributed by atoms with Crippen molar-refractivity contribution in [1.82, 2.24) is 9.47 Å². The number of likely N-dealkylation sites (N-methyl/N-ethyl adjacent to an activating group) is 1. The highest BCUT2D eigenvalue weighted by Gasteiger charge is 2.33. The summed E-state index contributed by atoms with van der Waals surface area (Å²) in [6.07, 6.45) is 1.76. The van der Waals surface area contributed by atoms with E-state index in [0.717, 1.165) is 37.6 Å². The second kappa shape index (κ2) is 10.1. The van der Waals surface area contributed by atoms with Gasteiger partial charge in [-0.3, -0.25) is 9.36 Å². The summed E-state index contributed by atoms with van der Waals surface area (Å²) in [5, 5.41) is 0. The number of thiazole rings is 1. The fraction of sp³-hybridized carbons (Fsp3) is 0.393. The van der Waals surface area contributed by atoms with E-state index in [1.54, 1.807) is 17.6 Å². The van der Waals surface area contributed by atoms with Gasteiger partial charge in [-0.25, -0.2) is 9.79 Å². The molecule has 0 saturated carbocycles. The van der Waals surface area contributed by atoms with Gasteiger partial charge in [-0.2, -0.15) is 0 Å². The zero-order valence-electron chi connectivity index (χ0n) is 21.9. The third kappa shape index (κ3) is 4.81. The van der Waals surface area contributed by atoms with Gasteiger partial charge < -0.3 is 19.0 Å². The molecular weight excluding hydrogens is 488 g/mol. The number of anilines is 1. The van der Waals surface area contributed by atoms with Crippen LogP contribution in [0.4, 0.5) is 5.88 Å². The largest absolute Gasteiger partial charge is 0.466 e. The number of aromatic nitrogens is 1. The van der Waals surface area contributed by atoms with Crippen molar-refractivity contribution in [3.05, 3.63) is 84.2 Å². The lowest BCUT2D eigenvalue weighted by Crippen LogP contribution is -2.44. The van der Waals surface area contributed by atoms with E-state index in [1.807, 2.05) is 36.4 Å². The Balaban J connectivity index is 1.58. The van der Waals surface area contributed by atoms with Crippen molar-refractivity contribution >= 4 is 29.3 Å². The van der Waals surface area contributed by atoms with E-state index < -0.39 is 12.0 Å². The molecule has 0 unspecified atom stereocenters. The summed E-state index contributed by atoms with van der Waals surface area (Å²) >= 11 is 1.30. The zero-order valence-corrected chi connectivity index (χ0v) is 22.7. The van der Waals surface area contributed by atoms with Crippen molar-refractivity contribution in [2.24, 2.45) is 4.99 Å². The van der Waals surface area contributed by atoms with Gasteiger partial charge >= 0.3 is 5.97 Å². The van der Waals surface area contributed by atoms with Crippen LogP contribution < -0.4 is 19.8 Å². The summed E-state index contributed by atoms with van der Waals surface area (Å²) in [6.45, 7) is 9.81. The number of benzene rings is 1. The number of ether oxygens (including phenoxy) is 1. The van der Waals surface area contributed by atoms with Crippen molar-refractivity contribution < 1.29 is 13.9 Å². The Morgan fingerprint density at radius 2 is 1.84 bits per heavy atom. The van der Waals surface area contributed by atoms with Crippen LogP contribution in [0.2, 0.25) is 0 Å². The summed E-state index contributed by atoms with van der Waals surface area (Å²) in [4.78, 5) is 36.3. The number of hydrogen-bond acceptors (Lipinski definition) is 8. The van der Waals surface area contributed by atoms with E-state index >= 15 is 0 Å². The van der Waals surface area contributed by atoms with Crippen LogP contribution in [0.15, 0.2) is 61.9 Å². The Kier molecular flexibility index (Phi) is 6.92. The third-order valence-electron chi connectivity index (χ3n) is 7.05. The first kappa shape index (κ1) is 25.2. The predicted octanol–water partition coefficient (Wildman–Crippen LogP) is 2.88. The SMILES string of the molecule is COC(=O)C1=C(C)N=c2s/c(=C\c3ccc(N4CCN(C)CC4)o3)c(=O)n2[C@@H]1c1ccc(C(C)C)cc1. The molecule has 5 rings (SSSR count). The van der Waals surface area contributed by atoms with Crippen molar-refractivity contribution in [2.75, 3.05) is 45.2 Å². The van der Waals surface area contributed by atoms with Crippen molar-refractivity contribution in [3.63, 3.8) is 0 Å². The van der Waals surface area contributed by atoms with Crippen molar-refractivity contribution in [3.8, 4) is 0 Å². The standard InChI is InChI=1S/C28H32N4O4S/c1-17(2)19-6-8-20(9-7-19)25-24(27(34)35-5)18(3)29-28-32(25)26(33)22(37-28)16-21-10-11-23(36-21)31-14-12-30(4)13-15-31/h6-11,16-17,25H,12-15H2,1-5H3/b22-16-/t25-/m1/s1. The molecular formula is C28H32N4O4S. The minimum atomic E-state index is -0.621. The van der Waals surface area contributed by atoms with Gasteiger partial charge in [0.1, 0.15) is 5.76 Å². The van der Waals surface area contributed by atoms with Crippen LogP contribution >= 0.6 is 11.3 Å². The molecule has 37 heavy (non-hydrogen) atoms. The summed E-state index contributed by atoms with van der Waals surface area (Å²) < 4.78 is 13.3. The maximum atomic E-state index is 13.7. The fourth-order valence-corrected chi connectivity index (χ4v) is 5.84. The average molecular weight is 521 g/mol. The summed E-state index contributed by atoms with van der Waals surface area (Å²) in [7, 11) is 3.46. The predicted molar refractivity (Wildman–Crippen MR) is 145 cm³/mol. The van der Waals surface area contributed by atoms with Gasteiger partial charge in [0.05, 0.1) is 29.0 Å². The summed E-state index contributed by atoms with van der Waals surface area (Å²) in [5.74, 6) is 1.30. The van der Waals surface area contributed by atoms with Crippen molar-refractivity contribution in [2.45, 2.75) is 32.7 Å². The van der Waals surface area contributed by atoms with Crippen LogP contribution in [-0.4, -0.2) is 55.8 Å². The monoisotopic (exact) mass is 520 g/mol. The number of carbonyl (C=O) groups excluding carboxylic acids is 1. The third-order valence-corrected chi connectivity index (χ3v) is 8.03. The molecule has 1 aromatic carbocycles. The molecule has 0 radical (unpaired) electrons. The first-order valence-electron chi connectivity index (χ1n) is 12.5. The van der Waals surface area contributed by atoms with Crippen LogP contribution in [0, 0.1) is 0 Å². The first-order valence-corrected chi connectivity index (χ1v) is 13.3. The minimum absolute atomic E-state index is 0.215. The van der Waals surface area contributed by atoms with Crippen LogP contribution in [0.3, 0.4) is 0 Å². The summed E-state index contributed by atoms with van der Waals surface area (Å²) in [5.41, 5.74) is 2.72. The molecule has 1 atom stereocenters. The lowest BCUT2D eigenvalue weighted by atomic mass is 9.93. The van der Waals surface area contributed by atoms with E-state index in [1.165, 1.54) is 24.0 Å². The van der Waals surface area contributed by atoms with E-state index in [0.29, 0.717) is 32.3 Å². The molecule has 194 valence electrons. The molecule has 2 aliphatic rings. The van der Waals surface area contributed by atoms with Crippen LogP contribution in [0.5, 0.6) is 0 Å². The number of fused-ring (bicyclic) bond motifs is 1. The number of esters is 1. The Labute approximate surface area is 219 Å². The number of piperazine rings is 1. The number of hydrogen-bond donors (Lipinski definition) is 0. The van der Waals surface area contributed by atoms with Crippen molar-refractivity contribution in [1.29, 1.82) is 0 Å². The molecule has 2 aromatic heterocycles. The Morgan fingerprint density at radius 1 is 1.14 bits per heavy atom. The Bertz CT molecular complexity index is 1520. The molecule has 0 spiro atoms. The lowest BCUT2D eigenvalue weighted by molar-refractivity contribution is -0.136. The van der Waals surface area contributed by atoms with Gasteiger partial charge in [-0.05, 0) is 37.1 Å².